The van der Waals surface area contributed by atoms with Gasteiger partial charge in [-0.3, -0.25) is 4.79 Å². The summed E-state index contributed by atoms with van der Waals surface area (Å²) in [5, 5.41) is 0. The summed E-state index contributed by atoms with van der Waals surface area (Å²) in [7, 11) is 0. The number of benzene rings is 1. The van der Waals surface area contributed by atoms with E-state index < -0.39 is 5.41 Å². The van der Waals surface area contributed by atoms with Gasteiger partial charge in [-0.25, -0.2) is 0 Å². The van der Waals surface area contributed by atoms with Crippen molar-refractivity contribution in [3.8, 4) is 0 Å². The average molecular weight is 286 g/mol. The molecule has 0 amide bonds. The number of carbonyl (C=O) groups is 1. The second kappa shape index (κ2) is 5.67. The molecular weight excluding hydrogens is 260 g/mol. The van der Waals surface area contributed by atoms with Gasteiger partial charge in [-0.1, -0.05) is 37.3 Å². The van der Waals surface area contributed by atoms with Crippen molar-refractivity contribution in [2.45, 2.75) is 47.5 Å². The first-order valence-corrected chi connectivity index (χ1v) is 7.68. The van der Waals surface area contributed by atoms with Crippen LogP contribution in [0.4, 0.5) is 0 Å². The van der Waals surface area contributed by atoms with Gasteiger partial charge in [0.2, 0.25) is 0 Å². The second-order valence-corrected chi connectivity index (χ2v) is 7.33. The van der Waals surface area contributed by atoms with Crippen LogP contribution in [0, 0.1) is 17.3 Å². The lowest BCUT2D eigenvalue weighted by Crippen LogP contribution is -2.23. The maximum Gasteiger partial charge on any atom is 0.316 e. The molecule has 2 rings (SSSR count). The largest absolute Gasteiger partial charge is 0.430 e. The van der Waals surface area contributed by atoms with Gasteiger partial charge in [0.25, 0.3) is 0 Å². The molecule has 2 nitrogen and oxygen atoms in total. The van der Waals surface area contributed by atoms with E-state index in [2.05, 4.69) is 31.2 Å². The molecule has 1 fully saturated rings. The van der Waals surface area contributed by atoms with Crippen molar-refractivity contribution in [1.29, 1.82) is 0 Å². The van der Waals surface area contributed by atoms with Crippen molar-refractivity contribution in [3.63, 3.8) is 0 Å². The van der Waals surface area contributed by atoms with Gasteiger partial charge in [0.15, 0.2) is 0 Å². The maximum atomic E-state index is 12.2. The molecule has 21 heavy (non-hydrogen) atoms. The molecule has 0 aromatic heterocycles. The fourth-order valence-corrected chi connectivity index (χ4v) is 2.81. The summed E-state index contributed by atoms with van der Waals surface area (Å²) in [5.41, 5.74) is 1.96. The van der Waals surface area contributed by atoms with Crippen LogP contribution < -0.4 is 0 Å². The fraction of sp³-hybridized carbons (Fsp3) is 0.526. The highest BCUT2D eigenvalue weighted by Crippen LogP contribution is 2.58. The number of allylic oxidation sites excluding steroid dienone is 2. The van der Waals surface area contributed by atoms with Crippen molar-refractivity contribution in [3.05, 3.63) is 47.2 Å². The number of hydrogen-bond acceptors (Lipinski definition) is 2. The van der Waals surface area contributed by atoms with Gasteiger partial charge in [0.05, 0.1) is 5.41 Å². The van der Waals surface area contributed by atoms with Crippen LogP contribution in [0.15, 0.2) is 41.7 Å². The predicted molar refractivity (Wildman–Crippen MR) is 85.8 cm³/mol. The van der Waals surface area contributed by atoms with Crippen molar-refractivity contribution in [1.82, 2.24) is 0 Å². The zero-order chi connectivity index (χ0) is 15.8. The Morgan fingerprint density at radius 2 is 1.67 bits per heavy atom. The molecule has 0 heterocycles. The molecule has 1 aliphatic rings. The quantitative estimate of drug-likeness (QED) is 0.582. The van der Waals surface area contributed by atoms with Crippen molar-refractivity contribution in [2.24, 2.45) is 17.3 Å². The van der Waals surface area contributed by atoms with E-state index in [1.807, 2.05) is 40.7 Å². The molecule has 1 unspecified atom stereocenters. The number of ether oxygens (including phenoxy) is 1. The van der Waals surface area contributed by atoms with Crippen LogP contribution in [0.5, 0.6) is 0 Å². The smallest absolute Gasteiger partial charge is 0.316 e. The van der Waals surface area contributed by atoms with Crippen molar-refractivity contribution < 1.29 is 9.53 Å². The van der Waals surface area contributed by atoms with Gasteiger partial charge < -0.3 is 4.74 Å². The van der Waals surface area contributed by atoms with E-state index in [4.69, 9.17) is 4.74 Å². The zero-order valence-electron chi connectivity index (χ0n) is 13.9. The van der Waals surface area contributed by atoms with Crippen LogP contribution >= 0.6 is 0 Å². The normalized spacial score (nSPS) is 24.4. The topological polar surface area (TPSA) is 26.3 Å². The summed E-state index contributed by atoms with van der Waals surface area (Å²) in [5.74, 6) is 2.03. The molecule has 1 aromatic rings. The molecule has 114 valence electrons. The molecule has 0 N–H and O–H groups in total. The molecule has 1 saturated carbocycles. The molecule has 0 radical (unpaired) electrons. The Hall–Kier alpha value is -1.57. The summed E-state index contributed by atoms with van der Waals surface area (Å²) in [6.07, 6.45) is 0. The Morgan fingerprint density at radius 3 is 2.14 bits per heavy atom. The van der Waals surface area contributed by atoms with E-state index in [1.165, 1.54) is 5.56 Å². The van der Waals surface area contributed by atoms with E-state index in [0.29, 0.717) is 17.8 Å². The van der Waals surface area contributed by atoms with Crippen molar-refractivity contribution >= 4 is 5.97 Å². The second-order valence-electron chi connectivity index (χ2n) is 7.33. The Morgan fingerprint density at radius 1 is 1.10 bits per heavy atom. The highest BCUT2D eigenvalue weighted by atomic mass is 16.5. The molecule has 3 atom stereocenters. The minimum Gasteiger partial charge on any atom is -0.430 e. The first-order chi connectivity index (χ1) is 9.73. The van der Waals surface area contributed by atoms with Gasteiger partial charge in [-0.15, -0.1) is 0 Å². The first kappa shape index (κ1) is 15.8. The minimum atomic E-state index is -0.471. The Bertz CT molecular complexity index is 545. The third kappa shape index (κ3) is 3.37. The minimum absolute atomic E-state index is 0.149. The summed E-state index contributed by atoms with van der Waals surface area (Å²) in [6, 6.07) is 10.5. The Balaban J connectivity index is 2.19. The lowest BCUT2D eigenvalue weighted by molar-refractivity contribution is -0.149. The van der Waals surface area contributed by atoms with Gasteiger partial charge in [0, 0.05) is 5.92 Å². The zero-order valence-corrected chi connectivity index (χ0v) is 13.9. The molecule has 2 heteroatoms. The SMILES string of the molecule is CC(C)=C(OC(=O)C(C)(C)C)C1[C@@H](C)[C@@H]1c1ccccc1. The number of rotatable bonds is 3. The van der Waals surface area contributed by atoms with Crippen LogP contribution in [0.1, 0.15) is 53.0 Å². The molecular formula is C19H26O2. The van der Waals surface area contributed by atoms with Gasteiger partial charge >= 0.3 is 5.97 Å². The lowest BCUT2D eigenvalue weighted by Gasteiger charge is -2.19. The van der Waals surface area contributed by atoms with Gasteiger partial charge in [0.1, 0.15) is 5.76 Å². The van der Waals surface area contributed by atoms with Gasteiger partial charge in [-0.2, -0.15) is 0 Å². The molecule has 1 aromatic carbocycles. The average Bonchev–Trinajstić information content (AvgIpc) is 3.06. The van der Waals surface area contributed by atoms with E-state index in [0.717, 1.165) is 11.3 Å². The highest BCUT2D eigenvalue weighted by molar-refractivity contribution is 5.76. The summed E-state index contributed by atoms with van der Waals surface area (Å²) in [4.78, 5) is 12.2. The van der Waals surface area contributed by atoms with Crippen LogP contribution in [0.2, 0.25) is 0 Å². The third-order valence-electron chi connectivity index (χ3n) is 4.17. The third-order valence-corrected chi connectivity index (χ3v) is 4.17. The maximum absolute atomic E-state index is 12.2. The molecule has 0 aliphatic heterocycles. The van der Waals surface area contributed by atoms with Crippen LogP contribution in [-0.4, -0.2) is 5.97 Å². The summed E-state index contributed by atoms with van der Waals surface area (Å²) < 4.78 is 5.76. The lowest BCUT2D eigenvalue weighted by atomic mass is 9.97. The Kier molecular flexibility index (Phi) is 4.27. The number of carbonyl (C=O) groups excluding carboxylic acids is 1. The number of esters is 1. The standard InChI is InChI=1S/C19H26O2/c1-12(2)17(21-18(20)19(4,5)6)16-13(3)15(16)14-10-8-7-9-11-14/h7-11,13,15-16H,1-6H3/t13-,15+,16?/m0/s1. The van der Waals surface area contributed by atoms with Crippen molar-refractivity contribution in [2.75, 3.05) is 0 Å². The molecule has 1 aliphatic carbocycles. The number of hydrogen-bond donors (Lipinski definition) is 0. The predicted octanol–water partition coefficient (Wildman–Crippen LogP) is 4.92. The van der Waals surface area contributed by atoms with E-state index in [1.54, 1.807) is 0 Å². The summed E-state index contributed by atoms with van der Waals surface area (Å²) in [6.45, 7) is 12.0. The van der Waals surface area contributed by atoms with Crippen LogP contribution in [0.25, 0.3) is 0 Å². The molecule has 0 spiro atoms. The van der Waals surface area contributed by atoms with E-state index >= 15 is 0 Å². The van der Waals surface area contributed by atoms with E-state index in [-0.39, 0.29) is 5.97 Å². The van der Waals surface area contributed by atoms with Crippen LogP contribution in [-0.2, 0) is 9.53 Å². The first-order valence-electron chi connectivity index (χ1n) is 7.68. The summed E-state index contributed by atoms with van der Waals surface area (Å²) >= 11 is 0. The monoisotopic (exact) mass is 286 g/mol. The Labute approximate surface area is 128 Å². The van der Waals surface area contributed by atoms with E-state index in [9.17, 15) is 4.79 Å². The highest BCUT2D eigenvalue weighted by Gasteiger charge is 2.51. The van der Waals surface area contributed by atoms with Gasteiger partial charge in [-0.05, 0) is 57.6 Å². The molecule has 0 bridgehead atoms. The fourth-order valence-electron chi connectivity index (χ4n) is 2.81. The van der Waals surface area contributed by atoms with Crippen LogP contribution in [0.3, 0.4) is 0 Å². The molecule has 0 saturated heterocycles.